The highest BCUT2D eigenvalue weighted by Gasteiger charge is 2.71. The topological polar surface area (TPSA) is 104 Å². The molecule has 2 atom stereocenters. The molecule has 0 spiro atoms. The average Bonchev–Trinajstić information content (AvgIpc) is 3.09. The van der Waals surface area contributed by atoms with E-state index >= 15 is 0 Å². The van der Waals surface area contributed by atoms with Crippen LogP contribution in [0.1, 0.15) is 33.4 Å². The zero-order valence-electron chi connectivity index (χ0n) is 14.8. The zero-order valence-corrected chi connectivity index (χ0v) is 14.8. The van der Waals surface area contributed by atoms with E-state index in [2.05, 4.69) is 0 Å². The first-order valence-corrected chi connectivity index (χ1v) is 8.21. The molecule has 1 aromatic heterocycles. The number of aromatic nitrogens is 1. The third-order valence-electron chi connectivity index (χ3n) is 4.34. The van der Waals surface area contributed by atoms with E-state index in [1.807, 2.05) is 0 Å². The number of rotatable bonds is 6. The van der Waals surface area contributed by atoms with Crippen LogP contribution in [0.2, 0.25) is 0 Å². The molecule has 0 bridgehead atoms. The third kappa shape index (κ3) is 2.60. The molecule has 1 N–H and O–H groups in total. The molecule has 25 heavy (non-hydrogen) atoms. The molecule has 1 aliphatic rings. The van der Waals surface area contributed by atoms with Crippen LogP contribution >= 0.6 is 0 Å². The minimum atomic E-state index is -2.13. The van der Waals surface area contributed by atoms with Crippen molar-refractivity contribution >= 4 is 17.9 Å². The maximum atomic E-state index is 12.9. The average molecular weight is 353 g/mol. The van der Waals surface area contributed by atoms with Gasteiger partial charge in [-0.1, -0.05) is 0 Å². The second-order valence-corrected chi connectivity index (χ2v) is 5.79. The number of carbonyl (C=O) groups excluding carboxylic acids is 3. The van der Waals surface area contributed by atoms with Crippen molar-refractivity contribution in [1.82, 2.24) is 4.57 Å². The molecular formula is C17H23NO7. The van der Waals surface area contributed by atoms with Gasteiger partial charge in [-0.3, -0.25) is 14.4 Å². The van der Waals surface area contributed by atoms with Crippen LogP contribution in [-0.2, 0) is 39.7 Å². The molecule has 0 aromatic carbocycles. The Morgan fingerprint density at radius 2 is 1.60 bits per heavy atom. The number of esters is 3. The molecule has 1 aliphatic heterocycles. The van der Waals surface area contributed by atoms with Crippen LogP contribution in [0, 0.1) is 5.92 Å². The van der Waals surface area contributed by atoms with Crippen molar-refractivity contribution in [2.45, 2.75) is 38.8 Å². The smallest absolute Gasteiger partial charge is 0.330 e. The fraction of sp³-hybridized carbons (Fsp3) is 0.588. The van der Waals surface area contributed by atoms with Gasteiger partial charge >= 0.3 is 17.9 Å². The van der Waals surface area contributed by atoms with Crippen molar-refractivity contribution in [3.63, 3.8) is 0 Å². The summed E-state index contributed by atoms with van der Waals surface area (Å²) in [6.45, 7) is 6.14. The second kappa shape index (κ2) is 6.87. The van der Waals surface area contributed by atoms with Gasteiger partial charge in [-0.15, -0.1) is 0 Å². The first-order chi connectivity index (χ1) is 11.8. The maximum Gasteiger partial charge on any atom is 0.330 e. The van der Waals surface area contributed by atoms with Crippen LogP contribution in [-0.4, -0.2) is 47.4 Å². The lowest BCUT2D eigenvalue weighted by molar-refractivity contribution is -0.186. The van der Waals surface area contributed by atoms with E-state index in [0.29, 0.717) is 0 Å². The molecule has 0 radical (unpaired) electrons. The molecule has 2 rings (SSSR count). The highest BCUT2D eigenvalue weighted by Crippen LogP contribution is 2.51. The Labute approximate surface area is 145 Å². The fourth-order valence-electron chi connectivity index (χ4n) is 3.44. The van der Waals surface area contributed by atoms with Crippen LogP contribution in [0.25, 0.3) is 0 Å². The Morgan fingerprint density at radius 1 is 1.08 bits per heavy atom. The summed E-state index contributed by atoms with van der Waals surface area (Å²) in [6.07, 6.45) is 1.49. The number of hydrogen-bond acceptors (Lipinski definition) is 7. The number of hydrogen-bond donors (Lipinski definition) is 1. The van der Waals surface area contributed by atoms with Crippen LogP contribution in [0.5, 0.6) is 0 Å². The fourth-order valence-corrected chi connectivity index (χ4v) is 3.44. The molecule has 8 nitrogen and oxygen atoms in total. The first-order valence-electron chi connectivity index (χ1n) is 8.21. The Bertz CT molecular complexity index is 658. The number of aliphatic hydroxyl groups is 1. The highest BCUT2D eigenvalue weighted by atomic mass is 16.6. The van der Waals surface area contributed by atoms with E-state index in [0.717, 1.165) is 0 Å². The summed E-state index contributed by atoms with van der Waals surface area (Å²) in [5.74, 6) is -4.32. The first kappa shape index (κ1) is 19.0. The SMILES string of the molecule is CCOC(=O)C1C(C(=O)OCC)(C(=O)OCC)c2cccn2C1(C)O. The predicted octanol–water partition coefficient (Wildman–Crippen LogP) is 0.710. The van der Waals surface area contributed by atoms with Gasteiger partial charge in [0, 0.05) is 6.20 Å². The van der Waals surface area contributed by atoms with Crippen LogP contribution in [0.4, 0.5) is 0 Å². The van der Waals surface area contributed by atoms with Gasteiger partial charge in [-0.05, 0) is 39.8 Å². The van der Waals surface area contributed by atoms with E-state index in [1.54, 1.807) is 26.8 Å². The van der Waals surface area contributed by atoms with Crippen molar-refractivity contribution in [3.8, 4) is 0 Å². The van der Waals surface area contributed by atoms with Crippen molar-refractivity contribution in [1.29, 1.82) is 0 Å². The van der Waals surface area contributed by atoms with Crippen LogP contribution in [0.3, 0.4) is 0 Å². The van der Waals surface area contributed by atoms with E-state index in [-0.39, 0.29) is 25.5 Å². The minimum absolute atomic E-state index is 0.00160. The highest BCUT2D eigenvalue weighted by molar-refractivity contribution is 6.10. The maximum absolute atomic E-state index is 12.9. The van der Waals surface area contributed by atoms with E-state index in [1.165, 1.54) is 23.8 Å². The van der Waals surface area contributed by atoms with Gasteiger partial charge < -0.3 is 23.9 Å². The van der Waals surface area contributed by atoms with Gasteiger partial charge in [0.25, 0.3) is 0 Å². The Hall–Kier alpha value is -2.35. The molecule has 1 aromatic rings. The summed E-state index contributed by atoms with van der Waals surface area (Å²) in [4.78, 5) is 38.4. The lowest BCUT2D eigenvalue weighted by Crippen LogP contribution is -2.56. The molecule has 138 valence electrons. The Morgan fingerprint density at radius 3 is 2.08 bits per heavy atom. The van der Waals surface area contributed by atoms with Gasteiger partial charge in [-0.25, -0.2) is 0 Å². The van der Waals surface area contributed by atoms with Gasteiger partial charge in [0.05, 0.1) is 25.5 Å². The van der Waals surface area contributed by atoms with Gasteiger partial charge in [0.15, 0.2) is 5.72 Å². The molecule has 0 saturated heterocycles. The van der Waals surface area contributed by atoms with Crippen molar-refractivity contribution < 1.29 is 33.7 Å². The summed E-state index contributed by atoms with van der Waals surface area (Å²) in [7, 11) is 0. The molecule has 8 heteroatoms. The summed E-state index contributed by atoms with van der Waals surface area (Å²) in [6, 6.07) is 3.06. The molecule has 2 unspecified atom stereocenters. The number of ether oxygens (including phenoxy) is 3. The molecule has 0 saturated carbocycles. The summed E-state index contributed by atoms with van der Waals surface area (Å²) < 4.78 is 16.6. The van der Waals surface area contributed by atoms with Crippen molar-refractivity contribution in [2.24, 2.45) is 5.92 Å². The number of nitrogens with zero attached hydrogens (tertiary/aromatic N) is 1. The lowest BCUT2D eigenvalue weighted by Gasteiger charge is -2.33. The van der Waals surface area contributed by atoms with Gasteiger partial charge in [-0.2, -0.15) is 0 Å². The second-order valence-electron chi connectivity index (χ2n) is 5.79. The number of carbonyl (C=O) groups is 3. The standard InChI is InChI=1S/C17H23NO7/c1-5-23-13(19)12-16(4,22)18-10-8-9-11(18)17(12,14(20)24-6-2)15(21)25-7-3/h8-10,12,22H,5-7H2,1-4H3. The third-order valence-corrected chi connectivity index (χ3v) is 4.34. The normalized spacial score (nSPS) is 23.6. The summed E-state index contributed by atoms with van der Waals surface area (Å²) in [5, 5.41) is 11.0. The van der Waals surface area contributed by atoms with Crippen molar-refractivity contribution in [2.75, 3.05) is 19.8 Å². The van der Waals surface area contributed by atoms with E-state index < -0.39 is 35.0 Å². The molecule has 0 aliphatic carbocycles. The minimum Gasteiger partial charge on any atom is -0.466 e. The molecule has 0 amide bonds. The lowest BCUT2D eigenvalue weighted by atomic mass is 9.71. The van der Waals surface area contributed by atoms with Crippen molar-refractivity contribution in [3.05, 3.63) is 24.0 Å². The zero-order chi connectivity index (χ0) is 18.8. The Kier molecular flexibility index (Phi) is 5.22. The quantitative estimate of drug-likeness (QED) is 0.456. The van der Waals surface area contributed by atoms with E-state index in [9.17, 15) is 19.5 Å². The van der Waals surface area contributed by atoms with E-state index in [4.69, 9.17) is 14.2 Å². The van der Waals surface area contributed by atoms with Crippen LogP contribution < -0.4 is 0 Å². The van der Waals surface area contributed by atoms with Gasteiger partial charge in [0.1, 0.15) is 5.92 Å². The Balaban J connectivity index is 2.76. The summed E-state index contributed by atoms with van der Waals surface area (Å²) >= 11 is 0. The van der Waals surface area contributed by atoms with Gasteiger partial charge in [0.2, 0.25) is 5.41 Å². The predicted molar refractivity (Wildman–Crippen MR) is 85.4 cm³/mol. The monoisotopic (exact) mass is 353 g/mol. The number of fused-ring (bicyclic) bond motifs is 1. The molecular weight excluding hydrogens is 330 g/mol. The molecule has 2 heterocycles. The summed E-state index contributed by atoms with van der Waals surface area (Å²) in [5.41, 5.74) is -3.87. The largest absolute Gasteiger partial charge is 0.466 e. The van der Waals surface area contributed by atoms with Crippen LogP contribution in [0.15, 0.2) is 18.3 Å². The molecule has 0 fully saturated rings.